The van der Waals surface area contributed by atoms with Crippen molar-refractivity contribution < 1.29 is 19.4 Å². The molecule has 0 bridgehead atoms. The summed E-state index contributed by atoms with van der Waals surface area (Å²) in [5.41, 5.74) is 0.622. The maximum absolute atomic E-state index is 11.9. The number of carboxylic acid groups (broad SMARTS) is 1. The van der Waals surface area contributed by atoms with Gasteiger partial charge in [0.2, 0.25) is 0 Å². The first kappa shape index (κ1) is 13.5. The van der Waals surface area contributed by atoms with Crippen molar-refractivity contribution in [3.63, 3.8) is 0 Å². The van der Waals surface area contributed by atoms with Crippen LogP contribution in [0.5, 0.6) is 0 Å². The summed E-state index contributed by atoms with van der Waals surface area (Å²) in [6, 6.07) is 0. The number of carboxylic acids is 1. The number of nitrogens with zero attached hydrogens (tertiary/aromatic N) is 1. The van der Waals surface area contributed by atoms with Gasteiger partial charge < -0.3 is 9.84 Å². The molecule has 7 heteroatoms. The number of hydrogen-bond acceptors (Lipinski definition) is 5. The third-order valence-corrected chi connectivity index (χ3v) is 4.77. The van der Waals surface area contributed by atoms with Gasteiger partial charge in [-0.05, 0) is 25.7 Å². The Balaban J connectivity index is 1.75. The first-order valence-electron chi connectivity index (χ1n) is 6.81. The standard InChI is InChI=1S/C13H16N2O4S/c16-11(8-5-2-6-19-8)15-13-14-9(7-3-1-4-7)10(20-13)12(17)18/h7-8H,1-6H2,(H,17,18)(H,14,15,16). The number of carbonyl (C=O) groups excluding carboxylic acids is 1. The van der Waals surface area contributed by atoms with Crippen molar-refractivity contribution in [2.45, 2.75) is 44.1 Å². The van der Waals surface area contributed by atoms with Crippen LogP contribution in [0.15, 0.2) is 0 Å². The number of hydrogen-bond donors (Lipinski definition) is 2. The molecule has 1 aliphatic carbocycles. The fourth-order valence-electron chi connectivity index (χ4n) is 2.47. The Kier molecular flexibility index (Phi) is 3.71. The number of rotatable bonds is 4. The zero-order chi connectivity index (χ0) is 14.1. The van der Waals surface area contributed by atoms with Crippen molar-refractivity contribution in [3.05, 3.63) is 10.6 Å². The van der Waals surface area contributed by atoms with Crippen LogP contribution in [-0.2, 0) is 9.53 Å². The normalized spacial score (nSPS) is 22.5. The molecule has 20 heavy (non-hydrogen) atoms. The largest absolute Gasteiger partial charge is 0.477 e. The molecule has 1 atom stereocenters. The summed E-state index contributed by atoms with van der Waals surface area (Å²) in [5.74, 6) is -0.971. The molecule has 0 radical (unpaired) electrons. The second-order valence-corrected chi connectivity index (χ2v) is 6.16. The molecule has 0 spiro atoms. The third kappa shape index (κ3) is 2.55. The van der Waals surface area contributed by atoms with Crippen molar-refractivity contribution in [3.8, 4) is 0 Å². The lowest BCUT2D eigenvalue weighted by Gasteiger charge is -2.23. The lowest BCUT2D eigenvalue weighted by Crippen LogP contribution is -2.26. The minimum absolute atomic E-state index is 0.228. The smallest absolute Gasteiger partial charge is 0.347 e. The highest BCUT2D eigenvalue weighted by Crippen LogP contribution is 2.40. The predicted octanol–water partition coefficient (Wildman–Crippen LogP) is 2.23. The van der Waals surface area contributed by atoms with Crippen LogP contribution in [0.3, 0.4) is 0 Å². The van der Waals surface area contributed by atoms with Gasteiger partial charge in [0.1, 0.15) is 11.0 Å². The summed E-state index contributed by atoms with van der Waals surface area (Å²) in [7, 11) is 0. The van der Waals surface area contributed by atoms with E-state index in [-0.39, 0.29) is 16.7 Å². The van der Waals surface area contributed by atoms with Crippen LogP contribution in [0.4, 0.5) is 5.13 Å². The van der Waals surface area contributed by atoms with Crippen LogP contribution in [-0.4, -0.2) is 34.7 Å². The summed E-state index contributed by atoms with van der Waals surface area (Å²) < 4.78 is 5.30. The topological polar surface area (TPSA) is 88.5 Å². The highest BCUT2D eigenvalue weighted by molar-refractivity contribution is 7.17. The summed E-state index contributed by atoms with van der Waals surface area (Å²) >= 11 is 1.03. The van der Waals surface area contributed by atoms with Crippen LogP contribution < -0.4 is 5.32 Å². The number of aromatic carboxylic acids is 1. The van der Waals surface area contributed by atoms with E-state index in [1.54, 1.807) is 0 Å². The van der Waals surface area contributed by atoms with E-state index >= 15 is 0 Å². The molecule has 2 aliphatic rings. The molecule has 1 unspecified atom stereocenters. The molecule has 6 nitrogen and oxygen atoms in total. The highest BCUT2D eigenvalue weighted by atomic mass is 32.1. The minimum atomic E-state index is -0.970. The molecule has 2 N–H and O–H groups in total. The van der Waals surface area contributed by atoms with E-state index in [4.69, 9.17) is 4.74 Å². The third-order valence-electron chi connectivity index (χ3n) is 3.79. The van der Waals surface area contributed by atoms with E-state index in [2.05, 4.69) is 10.3 Å². The first-order chi connectivity index (χ1) is 9.65. The monoisotopic (exact) mass is 296 g/mol. The first-order valence-corrected chi connectivity index (χ1v) is 7.63. The van der Waals surface area contributed by atoms with Crippen molar-refractivity contribution in [2.75, 3.05) is 11.9 Å². The Morgan fingerprint density at radius 1 is 1.30 bits per heavy atom. The van der Waals surface area contributed by atoms with Crippen LogP contribution >= 0.6 is 11.3 Å². The zero-order valence-electron chi connectivity index (χ0n) is 10.9. The molecule has 1 amide bonds. The van der Waals surface area contributed by atoms with E-state index in [0.717, 1.165) is 37.0 Å². The molecule has 1 saturated heterocycles. The van der Waals surface area contributed by atoms with Gasteiger partial charge in [-0.25, -0.2) is 9.78 Å². The Morgan fingerprint density at radius 3 is 2.65 bits per heavy atom. The van der Waals surface area contributed by atoms with Gasteiger partial charge in [-0.3, -0.25) is 10.1 Å². The molecule has 1 aliphatic heterocycles. The Labute approximate surface area is 120 Å². The fraction of sp³-hybridized carbons (Fsp3) is 0.615. The van der Waals surface area contributed by atoms with Gasteiger partial charge in [-0.15, -0.1) is 0 Å². The van der Waals surface area contributed by atoms with E-state index in [1.807, 2.05) is 0 Å². The summed E-state index contributed by atoms with van der Waals surface area (Å²) in [6.07, 6.45) is 4.21. The van der Waals surface area contributed by atoms with Gasteiger partial charge >= 0.3 is 5.97 Å². The summed E-state index contributed by atoms with van der Waals surface area (Å²) in [5, 5.41) is 12.3. The maximum Gasteiger partial charge on any atom is 0.347 e. The van der Waals surface area contributed by atoms with Gasteiger partial charge in [0.05, 0.1) is 5.69 Å². The number of thiazole rings is 1. The van der Waals surface area contributed by atoms with Crippen LogP contribution in [0.25, 0.3) is 0 Å². The molecule has 2 fully saturated rings. The van der Waals surface area contributed by atoms with E-state index < -0.39 is 12.1 Å². The van der Waals surface area contributed by atoms with Crippen LogP contribution in [0.2, 0.25) is 0 Å². The van der Waals surface area contributed by atoms with Gasteiger partial charge in [0.25, 0.3) is 5.91 Å². The maximum atomic E-state index is 11.9. The Bertz CT molecular complexity index is 532. The molecular formula is C13H16N2O4S. The van der Waals surface area contributed by atoms with E-state index in [0.29, 0.717) is 23.9 Å². The summed E-state index contributed by atoms with van der Waals surface area (Å²) in [6.45, 7) is 0.601. The summed E-state index contributed by atoms with van der Waals surface area (Å²) in [4.78, 5) is 27.8. The second kappa shape index (κ2) is 5.49. The lowest BCUT2D eigenvalue weighted by atomic mass is 9.82. The van der Waals surface area contributed by atoms with Crippen molar-refractivity contribution in [2.24, 2.45) is 0 Å². The zero-order valence-corrected chi connectivity index (χ0v) is 11.7. The Hall–Kier alpha value is -1.47. The molecule has 0 aromatic carbocycles. The number of carbonyl (C=O) groups is 2. The van der Waals surface area contributed by atoms with E-state index in [9.17, 15) is 14.7 Å². The van der Waals surface area contributed by atoms with Crippen molar-refractivity contribution in [1.29, 1.82) is 0 Å². The second-order valence-electron chi connectivity index (χ2n) is 5.16. The molecule has 3 rings (SSSR count). The van der Waals surface area contributed by atoms with Gasteiger partial charge in [0.15, 0.2) is 5.13 Å². The van der Waals surface area contributed by atoms with E-state index in [1.165, 1.54) is 0 Å². The number of amides is 1. The average Bonchev–Trinajstić information content (AvgIpc) is 2.95. The van der Waals surface area contributed by atoms with Crippen LogP contribution in [0.1, 0.15) is 53.4 Å². The quantitative estimate of drug-likeness (QED) is 0.889. The number of ether oxygens (including phenoxy) is 1. The molecule has 1 aromatic heterocycles. The SMILES string of the molecule is O=C(O)c1sc(NC(=O)C2CCCO2)nc1C1CCC1. The number of anilines is 1. The average molecular weight is 296 g/mol. The van der Waals surface area contributed by atoms with Crippen molar-refractivity contribution in [1.82, 2.24) is 4.98 Å². The minimum Gasteiger partial charge on any atom is -0.477 e. The highest BCUT2D eigenvalue weighted by Gasteiger charge is 2.30. The van der Waals surface area contributed by atoms with Gasteiger partial charge in [0, 0.05) is 12.5 Å². The molecule has 1 aromatic rings. The fourth-order valence-corrected chi connectivity index (χ4v) is 3.36. The molecule has 2 heterocycles. The predicted molar refractivity (Wildman–Crippen MR) is 73.3 cm³/mol. The molecule has 108 valence electrons. The van der Waals surface area contributed by atoms with Gasteiger partial charge in [-0.2, -0.15) is 0 Å². The Morgan fingerprint density at radius 2 is 2.10 bits per heavy atom. The molecular weight excluding hydrogens is 280 g/mol. The number of nitrogens with one attached hydrogen (secondary N) is 1. The van der Waals surface area contributed by atoms with Gasteiger partial charge in [-0.1, -0.05) is 17.8 Å². The number of aromatic nitrogens is 1. The van der Waals surface area contributed by atoms with Crippen LogP contribution in [0, 0.1) is 0 Å². The lowest BCUT2D eigenvalue weighted by molar-refractivity contribution is -0.124. The molecule has 1 saturated carbocycles. The van der Waals surface area contributed by atoms with Crippen molar-refractivity contribution >= 4 is 28.3 Å².